The smallest absolute Gasteiger partial charge is 0.134 e. The van der Waals surface area contributed by atoms with Crippen LogP contribution < -0.4 is 10.2 Å². The number of hydrogen-bond acceptors (Lipinski definition) is 3. The molecule has 1 N–H and O–H groups in total. The first-order chi connectivity index (χ1) is 8.36. The summed E-state index contributed by atoms with van der Waals surface area (Å²) in [5.74, 6) is 1.07. The van der Waals surface area contributed by atoms with E-state index in [1.54, 1.807) is 0 Å². The van der Waals surface area contributed by atoms with E-state index in [-0.39, 0.29) is 0 Å². The lowest BCUT2D eigenvalue weighted by Crippen LogP contribution is -2.43. The molecule has 0 amide bonds. The van der Waals surface area contributed by atoms with Crippen LogP contribution in [0.4, 0.5) is 5.69 Å². The molecule has 0 spiro atoms. The molecule has 3 rings (SSSR count). The molecule has 1 aliphatic heterocycles. The van der Waals surface area contributed by atoms with E-state index in [1.165, 1.54) is 11.1 Å². The molecule has 2 aromatic rings. The number of nitrogens with zero attached hydrogens (tertiary/aromatic N) is 1. The van der Waals surface area contributed by atoms with Gasteiger partial charge in [0.15, 0.2) is 0 Å². The van der Waals surface area contributed by atoms with Crippen molar-refractivity contribution < 1.29 is 4.42 Å². The van der Waals surface area contributed by atoms with Gasteiger partial charge in [-0.1, -0.05) is 6.92 Å². The van der Waals surface area contributed by atoms with Crippen LogP contribution in [0.3, 0.4) is 0 Å². The van der Waals surface area contributed by atoms with Crippen LogP contribution in [0.2, 0.25) is 0 Å². The highest BCUT2D eigenvalue weighted by Gasteiger charge is 2.11. The molecule has 0 unspecified atom stereocenters. The molecule has 1 saturated heterocycles. The zero-order valence-electron chi connectivity index (χ0n) is 10.2. The average molecular weight is 230 g/mol. The molecular weight excluding hydrogens is 212 g/mol. The van der Waals surface area contributed by atoms with E-state index in [4.69, 9.17) is 4.42 Å². The van der Waals surface area contributed by atoms with E-state index in [2.05, 4.69) is 41.4 Å². The largest absolute Gasteiger partial charge is 0.461 e. The van der Waals surface area contributed by atoms with Crippen molar-refractivity contribution in [1.29, 1.82) is 0 Å². The van der Waals surface area contributed by atoms with Gasteiger partial charge < -0.3 is 14.6 Å². The predicted octanol–water partition coefficient (Wildman–Crippen LogP) is 2.40. The second-order valence-electron chi connectivity index (χ2n) is 4.53. The Morgan fingerprint density at radius 1 is 1.24 bits per heavy atom. The molecular formula is C14H18N2O. The minimum absolute atomic E-state index is 0.956. The lowest BCUT2D eigenvalue weighted by Gasteiger charge is -2.29. The van der Waals surface area contributed by atoms with E-state index in [0.717, 1.165) is 43.9 Å². The van der Waals surface area contributed by atoms with Gasteiger partial charge in [0.1, 0.15) is 11.3 Å². The summed E-state index contributed by atoms with van der Waals surface area (Å²) in [4.78, 5) is 2.43. The highest BCUT2D eigenvalue weighted by Crippen LogP contribution is 2.25. The molecule has 3 nitrogen and oxygen atoms in total. The molecule has 0 aliphatic carbocycles. The molecule has 0 bridgehead atoms. The van der Waals surface area contributed by atoms with Crippen LogP contribution in [-0.2, 0) is 6.42 Å². The maximum Gasteiger partial charge on any atom is 0.134 e. The van der Waals surface area contributed by atoms with Gasteiger partial charge in [-0.25, -0.2) is 0 Å². The van der Waals surface area contributed by atoms with Gasteiger partial charge in [0, 0.05) is 43.7 Å². The van der Waals surface area contributed by atoms with Gasteiger partial charge in [0.2, 0.25) is 0 Å². The predicted molar refractivity (Wildman–Crippen MR) is 70.7 cm³/mol. The molecule has 90 valence electrons. The van der Waals surface area contributed by atoms with Gasteiger partial charge in [0.05, 0.1) is 0 Å². The van der Waals surface area contributed by atoms with Crippen molar-refractivity contribution in [3.8, 4) is 0 Å². The molecule has 1 aromatic carbocycles. The number of rotatable bonds is 2. The number of piperazine rings is 1. The molecule has 3 heteroatoms. The third-order valence-electron chi connectivity index (χ3n) is 3.38. The van der Waals surface area contributed by atoms with Crippen molar-refractivity contribution in [2.45, 2.75) is 13.3 Å². The Balaban J connectivity index is 1.94. The Morgan fingerprint density at radius 2 is 2.06 bits per heavy atom. The van der Waals surface area contributed by atoms with Crippen molar-refractivity contribution >= 4 is 16.7 Å². The lowest BCUT2D eigenvalue weighted by atomic mass is 10.2. The van der Waals surface area contributed by atoms with Crippen LogP contribution in [0.1, 0.15) is 12.7 Å². The number of anilines is 1. The Kier molecular flexibility index (Phi) is 2.77. The minimum atomic E-state index is 0.956. The van der Waals surface area contributed by atoms with E-state index in [9.17, 15) is 0 Å². The van der Waals surface area contributed by atoms with E-state index in [0.29, 0.717) is 0 Å². The van der Waals surface area contributed by atoms with Gasteiger partial charge in [-0.3, -0.25) is 0 Å². The van der Waals surface area contributed by atoms with Gasteiger partial charge in [0.25, 0.3) is 0 Å². The first kappa shape index (κ1) is 10.7. The van der Waals surface area contributed by atoms with Crippen LogP contribution in [0.15, 0.2) is 28.7 Å². The number of hydrogen-bond donors (Lipinski definition) is 1. The highest BCUT2D eigenvalue weighted by atomic mass is 16.3. The fourth-order valence-corrected chi connectivity index (χ4v) is 2.38. The number of aryl methyl sites for hydroxylation is 1. The summed E-state index contributed by atoms with van der Waals surface area (Å²) in [5, 5.41) is 4.59. The summed E-state index contributed by atoms with van der Waals surface area (Å²) < 4.78 is 5.73. The number of benzene rings is 1. The summed E-state index contributed by atoms with van der Waals surface area (Å²) >= 11 is 0. The Hall–Kier alpha value is -1.48. The van der Waals surface area contributed by atoms with Crippen LogP contribution in [0.25, 0.3) is 11.0 Å². The lowest BCUT2D eigenvalue weighted by molar-refractivity contribution is 0.557. The highest BCUT2D eigenvalue weighted by molar-refractivity contribution is 5.82. The second-order valence-corrected chi connectivity index (χ2v) is 4.53. The summed E-state index contributed by atoms with van der Waals surface area (Å²) in [7, 11) is 0. The molecule has 1 aliphatic rings. The molecule has 17 heavy (non-hydrogen) atoms. The number of fused-ring (bicyclic) bond motifs is 1. The zero-order chi connectivity index (χ0) is 11.7. The summed E-state index contributed by atoms with van der Waals surface area (Å²) in [6.45, 7) is 6.44. The van der Waals surface area contributed by atoms with Crippen molar-refractivity contribution in [2.75, 3.05) is 31.1 Å². The summed E-state index contributed by atoms with van der Waals surface area (Å²) in [6, 6.07) is 8.65. The maximum atomic E-state index is 5.73. The maximum absolute atomic E-state index is 5.73. The Labute approximate surface area is 101 Å². The van der Waals surface area contributed by atoms with Crippen molar-refractivity contribution in [1.82, 2.24) is 5.32 Å². The van der Waals surface area contributed by atoms with Gasteiger partial charge in [-0.2, -0.15) is 0 Å². The van der Waals surface area contributed by atoms with E-state index >= 15 is 0 Å². The second kappa shape index (κ2) is 4.41. The van der Waals surface area contributed by atoms with E-state index in [1.807, 2.05) is 0 Å². The quantitative estimate of drug-likeness (QED) is 0.858. The zero-order valence-corrected chi connectivity index (χ0v) is 10.2. The fraction of sp³-hybridized carbons (Fsp3) is 0.429. The minimum Gasteiger partial charge on any atom is -0.461 e. The topological polar surface area (TPSA) is 28.4 Å². The average Bonchev–Trinajstić information content (AvgIpc) is 2.81. The summed E-state index contributed by atoms with van der Waals surface area (Å²) in [6.07, 6.45) is 0.956. The fourth-order valence-electron chi connectivity index (χ4n) is 2.38. The van der Waals surface area contributed by atoms with Crippen molar-refractivity contribution in [2.24, 2.45) is 0 Å². The number of furan rings is 1. The molecule has 2 heterocycles. The van der Waals surface area contributed by atoms with Crippen molar-refractivity contribution in [3.05, 3.63) is 30.0 Å². The number of nitrogens with one attached hydrogen (secondary N) is 1. The Morgan fingerprint density at radius 3 is 2.82 bits per heavy atom. The standard InChI is InChI=1S/C14H18N2O/c1-2-13-10-11-9-12(3-4-14(11)17-13)16-7-5-15-6-8-16/h3-4,9-10,15H,2,5-8H2,1H3. The molecule has 0 atom stereocenters. The SMILES string of the molecule is CCc1cc2cc(N3CCNCC3)ccc2o1. The third kappa shape index (κ3) is 2.03. The Bertz CT molecular complexity index is 512. The molecule has 0 saturated carbocycles. The van der Waals surface area contributed by atoms with Crippen LogP contribution in [-0.4, -0.2) is 26.2 Å². The van der Waals surface area contributed by atoms with Crippen molar-refractivity contribution in [3.63, 3.8) is 0 Å². The monoisotopic (exact) mass is 230 g/mol. The van der Waals surface area contributed by atoms with Crippen LogP contribution in [0.5, 0.6) is 0 Å². The van der Waals surface area contributed by atoms with Crippen LogP contribution in [0, 0.1) is 0 Å². The van der Waals surface area contributed by atoms with Gasteiger partial charge in [-0.05, 0) is 24.3 Å². The molecule has 0 radical (unpaired) electrons. The van der Waals surface area contributed by atoms with Gasteiger partial charge >= 0.3 is 0 Å². The summed E-state index contributed by atoms with van der Waals surface area (Å²) in [5.41, 5.74) is 2.31. The van der Waals surface area contributed by atoms with Gasteiger partial charge in [-0.15, -0.1) is 0 Å². The normalized spacial score (nSPS) is 16.6. The molecule has 1 fully saturated rings. The first-order valence-corrected chi connectivity index (χ1v) is 6.35. The van der Waals surface area contributed by atoms with Crippen LogP contribution >= 0.6 is 0 Å². The third-order valence-corrected chi connectivity index (χ3v) is 3.38. The van der Waals surface area contributed by atoms with E-state index < -0.39 is 0 Å². The first-order valence-electron chi connectivity index (χ1n) is 6.35. The molecule has 1 aromatic heterocycles.